The van der Waals surface area contributed by atoms with Crippen LogP contribution in [0, 0.1) is 11.3 Å². The summed E-state index contributed by atoms with van der Waals surface area (Å²) in [4.78, 5) is 4.48. The standard InChI is InChI=1S/C3H3N5/c4-1-3-6-2-8(5)7-3/h2H,5H2. The topological polar surface area (TPSA) is 80.5 Å². The summed E-state index contributed by atoms with van der Waals surface area (Å²) in [6, 6.07) is 1.72. The molecule has 0 spiro atoms. The highest BCUT2D eigenvalue weighted by atomic mass is 15.5. The summed E-state index contributed by atoms with van der Waals surface area (Å²) < 4.78 is 0. The van der Waals surface area contributed by atoms with Crippen LogP contribution in [-0.2, 0) is 0 Å². The van der Waals surface area contributed by atoms with Crippen molar-refractivity contribution in [3.63, 3.8) is 0 Å². The molecule has 5 nitrogen and oxygen atoms in total. The lowest BCUT2D eigenvalue weighted by molar-refractivity contribution is 0.825. The Kier molecular flexibility index (Phi) is 0.860. The van der Waals surface area contributed by atoms with E-state index < -0.39 is 0 Å². The normalized spacial score (nSPS) is 8.38. The molecule has 0 atom stereocenters. The highest BCUT2D eigenvalue weighted by Crippen LogP contribution is 1.78. The van der Waals surface area contributed by atoms with Crippen LogP contribution in [0.5, 0.6) is 0 Å². The van der Waals surface area contributed by atoms with Crippen LogP contribution in [0.25, 0.3) is 0 Å². The van der Waals surface area contributed by atoms with Crippen molar-refractivity contribution in [3.05, 3.63) is 12.2 Å². The number of nitrogen functional groups attached to an aromatic ring is 1. The van der Waals surface area contributed by atoms with E-state index >= 15 is 0 Å². The third kappa shape index (κ3) is 0.586. The van der Waals surface area contributed by atoms with Crippen molar-refractivity contribution in [1.82, 2.24) is 14.9 Å². The molecule has 0 aliphatic heterocycles. The molecule has 5 heteroatoms. The fraction of sp³-hybridized carbons (Fsp3) is 0. The average Bonchev–Trinajstić information content (AvgIpc) is 2.14. The minimum atomic E-state index is 0.0903. The van der Waals surface area contributed by atoms with E-state index in [0.717, 1.165) is 4.79 Å². The van der Waals surface area contributed by atoms with Crippen molar-refractivity contribution in [2.45, 2.75) is 0 Å². The third-order valence-corrected chi connectivity index (χ3v) is 0.609. The molecule has 1 rings (SSSR count). The fourth-order valence-electron chi connectivity index (χ4n) is 0.326. The molecule has 1 aromatic rings. The van der Waals surface area contributed by atoms with Crippen LogP contribution in [0.3, 0.4) is 0 Å². The van der Waals surface area contributed by atoms with E-state index in [2.05, 4.69) is 10.1 Å². The van der Waals surface area contributed by atoms with E-state index in [4.69, 9.17) is 11.1 Å². The molecule has 0 fully saturated rings. The van der Waals surface area contributed by atoms with Crippen LogP contribution >= 0.6 is 0 Å². The molecule has 0 aliphatic rings. The molecule has 0 aliphatic carbocycles. The number of hydrogen-bond acceptors (Lipinski definition) is 4. The smallest absolute Gasteiger partial charge is 0.254 e. The average molecular weight is 109 g/mol. The molecular formula is C3H3N5. The van der Waals surface area contributed by atoms with Crippen LogP contribution in [-0.4, -0.2) is 14.9 Å². The van der Waals surface area contributed by atoms with Gasteiger partial charge in [-0.2, -0.15) is 10.1 Å². The molecule has 0 unspecified atom stereocenters. The van der Waals surface area contributed by atoms with Crippen molar-refractivity contribution in [2.24, 2.45) is 0 Å². The molecule has 0 radical (unpaired) electrons. The lowest BCUT2D eigenvalue weighted by Gasteiger charge is -1.77. The summed E-state index contributed by atoms with van der Waals surface area (Å²) in [6.07, 6.45) is 1.26. The maximum atomic E-state index is 8.11. The van der Waals surface area contributed by atoms with E-state index in [0.29, 0.717) is 0 Å². The number of hydrogen-bond donors (Lipinski definition) is 1. The van der Waals surface area contributed by atoms with Crippen molar-refractivity contribution in [1.29, 1.82) is 5.26 Å². The van der Waals surface area contributed by atoms with Gasteiger partial charge < -0.3 is 5.84 Å². The second kappa shape index (κ2) is 1.50. The minimum Gasteiger partial charge on any atom is -0.322 e. The van der Waals surface area contributed by atoms with Crippen molar-refractivity contribution >= 4 is 0 Å². The van der Waals surface area contributed by atoms with Crippen LogP contribution in [0.2, 0.25) is 0 Å². The number of rotatable bonds is 0. The van der Waals surface area contributed by atoms with Gasteiger partial charge in [0.05, 0.1) is 0 Å². The summed E-state index contributed by atoms with van der Waals surface area (Å²) in [7, 11) is 0. The lowest BCUT2D eigenvalue weighted by atomic mass is 10.7. The highest BCUT2D eigenvalue weighted by molar-refractivity contribution is 5.05. The molecule has 2 N–H and O–H groups in total. The first-order chi connectivity index (χ1) is 3.83. The fourth-order valence-corrected chi connectivity index (χ4v) is 0.326. The van der Waals surface area contributed by atoms with Gasteiger partial charge >= 0.3 is 0 Å². The van der Waals surface area contributed by atoms with Gasteiger partial charge in [-0.15, -0.1) is 5.10 Å². The predicted octanol–water partition coefficient (Wildman–Crippen LogP) is -1.14. The first kappa shape index (κ1) is 4.59. The largest absolute Gasteiger partial charge is 0.322 e. The van der Waals surface area contributed by atoms with Crippen LogP contribution in [0.4, 0.5) is 0 Å². The van der Waals surface area contributed by atoms with Gasteiger partial charge in [0, 0.05) is 0 Å². The summed E-state index contributed by atoms with van der Waals surface area (Å²) in [5.41, 5.74) is 0. The van der Waals surface area contributed by atoms with E-state index in [9.17, 15) is 0 Å². The quantitative estimate of drug-likeness (QED) is 0.427. The van der Waals surface area contributed by atoms with E-state index in [1.165, 1.54) is 6.33 Å². The Labute approximate surface area is 45.3 Å². The molecule has 0 saturated heterocycles. The molecule has 40 valence electrons. The van der Waals surface area contributed by atoms with E-state index in [1.807, 2.05) is 0 Å². The zero-order valence-electron chi connectivity index (χ0n) is 3.94. The van der Waals surface area contributed by atoms with Gasteiger partial charge in [0.1, 0.15) is 12.4 Å². The van der Waals surface area contributed by atoms with Gasteiger partial charge in [-0.1, -0.05) is 0 Å². The Morgan fingerprint density at radius 2 is 2.62 bits per heavy atom. The molecular weight excluding hydrogens is 106 g/mol. The van der Waals surface area contributed by atoms with Crippen molar-refractivity contribution in [2.75, 3.05) is 5.84 Å². The van der Waals surface area contributed by atoms with Gasteiger partial charge in [-0.05, 0) is 0 Å². The Balaban J connectivity index is 3.05. The van der Waals surface area contributed by atoms with Crippen LogP contribution in [0.1, 0.15) is 5.82 Å². The first-order valence-corrected chi connectivity index (χ1v) is 1.90. The van der Waals surface area contributed by atoms with Crippen molar-refractivity contribution in [3.8, 4) is 6.07 Å². The SMILES string of the molecule is N#Cc1ncn(N)n1. The van der Waals surface area contributed by atoms with Gasteiger partial charge in [-0.3, -0.25) is 0 Å². The van der Waals surface area contributed by atoms with Gasteiger partial charge in [-0.25, -0.2) is 4.98 Å². The number of nitrogens with two attached hydrogens (primary N) is 1. The second-order valence-electron chi connectivity index (χ2n) is 1.16. The van der Waals surface area contributed by atoms with Gasteiger partial charge in [0.25, 0.3) is 5.82 Å². The maximum Gasteiger partial charge on any atom is 0.254 e. The summed E-state index contributed by atoms with van der Waals surface area (Å²) in [5, 5.41) is 11.6. The lowest BCUT2D eigenvalue weighted by Crippen LogP contribution is -2.07. The number of nitriles is 1. The summed E-state index contributed by atoms with van der Waals surface area (Å²) in [6.45, 7) is 0. The Bertz CT molecular complexity index is 218. The molecule has 0 aromatic carbocycles. The van der Waals surface area contributed by atoms with Crippen molar-refractivity contribution < 1.29 is 0 Å². The molecule has 0 saturated carbocycles. The Morgan fingerprint density at radius 3 is 2.88 bits per heavy atom. The second-order valence-corrected chi connectivity index (χ2v) is 1.16. The van der Waals surface area contributed by atoms with Crippen LogP contribution < -0.4 is 5.84 Å². The maximum absolute atomic E-state index is 8.11. The molecule has 0 amide bonds. The third-order valence-electron chi connectivity index (χ3n) is 0.609. The van der Waals surface area contributed by atoms with E-state index in [-0.39, 0.29) is 5.82 Å². The van der Waals surface area contributed by atoms with Gasteiger partial charge in [0.15, 0.2) is 0 Å². The Morgan fingerprint density at radius 1 is 1.88 bits per heavy atom. The Hall–Kier alpha value is -1.57. The van der Waals surface area contributed by atoms with E-state index in [1.54, 1.807) is 6.07 Å². The number of aromatic nitrogens is 3. The predicted molar refractivity (Wildman–Crippen MR) is 24.9 cm³/mol. The number of nitrogens with zero attached hydrogens (tertiary/aromatic N) is 4. The zero-order chi connectivity index (χ0) is 5.98. The molecule has 0 bridgehead atoms. The van der Waals surface area contributed by atoms with Gasteiger partial charge in [0.2, 0.25) is 0 Å². The first-order valence-electron chi connectivity index (χ1n) is 1.90. The minimum absolute atomic E-state index is 0.0903. The molecule has 8 heavy (non-hydrogen) atoms. The summed E-state index contributed by atoms with van der Waals surface area (Å²) in [5.74, 6) is 5.14. The van der Waals surface area contributed by atoms with Crippen LogP contribution in [0.15, 0.2) is 6.33 Å². The zero-order valence-corrected chi connectivity index (χ0v) is 3.94. The summed E-state index contributed by atoms with van der Waals surface area (Å²) >= 11 is 0. The highest BCUT2D eigenvalue weighted by Gasteiger charge is 1.91. The molecule has 1 aromatic heterocycles. The monoisotopic (exact) mass is 109 g/mol. The molecule has 1 heterocycles.